The molecule has 1 aromatic rings. The Morgan fingerprint density at radius 2 is 1.69 bits per heavy atom. The predicted octanol–water partition coefficient (Wildman–Crippen LogP) is 2.70. The van der Waals surface area contributed by atoms with Gasteiger partial charge in [-0.3, -0.25) is 14.7 Å². The van der Waals surface area contributed by atoms with E-state index in [0.717, 1.165) is 83.4 Å². The van der Waals surface area contributed by atoms with Gasteiger partial charge in [-0.25, -0.2) is 0 Å². The van der Waals surface area contributed by atoms with Crippen molar-refractivity contribution in [2.45, 2.75) is 33.1 Å². The van der Waals surface area contributed by atoms with Crippen LogP contribution in [0.4, 0.5) is 0 Å². The van der Waals surface area contributed by atoms with Crippen molar-refractivity contribution in [1.82, 2.24) is 20.0 Å². The van der Waals surface area contributed by atoms with Gasteiger partial charge in [0.1, 0.15) is 5.75 Å². The van der Waals surface area contributed by atoms with Crippen molar-refractivity contribution >= 4 is 35.8 Å². The maximum absolute atomic E-state index is 12.4. The van der Waals surface area contributed by atoms with E-state index in [2.05, 4.69) is 58.2 Å². The number of rotatable bonds is 8. The van der Waals surface area contributed by atoms with Gasteiger partial charge in [-0.05, 0) is 42.9 Å². The summed E-state index contributed by atoms with van der Waals surface area (Å²) in [5, 5.41) is 3.49. The molecule has 0 aromatic heterocycles. The Kier molecular flexibility index (Phi) is 11.6. The zero-order valence-electron chi connectivity index (χ0n) is 19.9. The van der Waals surface area contributed by atoms with Crippen LogP contribution in [0.2, 0.25) is 0 Å². The summed E-state index contributed by atoms with van der Waals surface area (Å²) in [6, 6.07) is 8.37. The molecule has 1 N–H and O–H groups in total. The third-order valence-electron chi connectivity index (χ3n) is 5.90. The van der Waals surface area contributed by atoms with E-state index in [9.17, 15) is 4.79 Å². The van der Waals surface area contributed by atoms with Crippen LogP contribution in [0.15, 0.2) is 29.3 Å². The Balaban J connectivity index is 0.00000363. The lowest BCUT2D eigenvalue weighted by Crippen LogP contribution is -2.54. The number of ether oxygens (including phenoxy) is 1. The fourth-order valence-corrected chi connectivity index (χ4v) is 4.04. The van der Waals surface area contributed by atoms with Crippen LogP contribution >= 0.6 is 24.0 Å². The first-order valence-corrected chi connectivity index (χ1v) is 11.7. The van der Waals surface area contributed by atoms with Crippen molar-refractivity contribution in [3.63, 3.8) is 0 Å². The van der Waals surface area contributed by atoms with E-state index in [0.29, 0.717) is 12.5 Å². The zero-order chi connectivity index (χ0) is 22.1. The second kappa shape index (κ2) is 13.9. The molecule has 0 spiro atoms. The molecule has 1 aromatic carbocycles. The summed E-state index contributed by atoms with van der Waals surface area (Å²) in [6.07, 6.45) is 3.24. The SMILES string of the molecule is CN=C(NCCc1ccc(OCC(C)C)cc1)N1CCN(CC(=O)N2CCCC2)CC1.I. The molecule has 1 amide bonds. The van der Waals surface area contributed by atoms with Crippen LogP contribution in [0.1, 0.15) is 32.3 Å². The van der Waals surface area contributed by atoms with Crippen LogP contribution in [0.5, 0.6) is 5.75 Å². The van der Waals surface area contributed by atoms with Gasteiger partial charge in [-0.2, -0.15) is 0 Å². The van der Waals surface area contributed by atoms with E-state index in [4.69, 9.17) is 4.74 Å². The molecule has 2 aliphatic rings. The number of guanidine groups is 1. The number of halogens is 1. The molecule has 0 aliphatic carbocycles. The number of likely N-dealkylation sites (tertiary alicyclic amines) is 1. The summed E-state index contributed by atoms with van der Waals surface area (Å²) in [6.45, 7) is 11.9. The fraction of sp³-hybridized carbons (Fsp3) is 0.667. The van der Waals surface area contributed by atoms with Gasteiger partial charge in [0.25, 0.3) is 0 Å². The van der Waals surface area contributed by atoms with Crippen LogP contribution in [0, 0.1) is 5.92 Å². The van der Waals surface area contributed by atoms with Gasteiger partial charge in [0, 0.05) is 52.9 Å². The molecule has 0 saturated carbocycles. The largest absolute Gasteiger partial charge is 0.493 e. The molecule has 3 rings (SSSR count). The zero-order valence-corrected chi connectivity index (χ0v) is 22.2. The van der Waals surface area contributed by atoms with Crippen LogP contribution < -0.4 is 10.1 Å². The number of nitrogens with one attached hydrogen (secondary N) is 1. The molecule has 2 fully saturated rings. The molecule has 0 bridgehead atoms. The normalized spacial score (nSPS) is 17.4. The Morgan fingerprint density at radius 3 is 2.28 bits per heavy atom. The number of hydrogen-bond acceptors (Lipinski definition) is 4. The van der Waals surface area contributed by atoms with Gasteiger partial charge >= 0.3 is 0 Å². The van der Waals surface area contributed by atoms with Crippen molar-refractivity contribution in [2.24, 2.45) is 10.9 Å². The lowest BCUT2D eigenvalue weighted by atomic mass is 10.1. The van der Waals surface area contributed by atoms with Gasteiger partial charge in [0.15, 0.2) is 5.96 Å². The number of aliphatic imine (C=N–C) groups is 1. The minimum Gasteiger partial charge on any atom is -0.493 e. The third kappa shape index (κ3) is 8.42. The van der Waals surface area contributed by atoms with E-state index in [1.807, 2.05) is 11.9 Å². The van der Waals surface area contributed by atoms with E-state index in [-0.39, 0.29) is 29.9 Å². The number of nitrogens with zero attached hydrogens (tertiary/aromatic N) is 4. The van der Waals surface area contributed by atoms with Crippen molar-refractivity contribution < 1.29 is 9.53 Å². The second-order valence-corrected chi connectivity index (χ2v) is 8.92. The Hall–Kier alpha value is -1.55. The summed E-state index contributed by atoms with van der Waals surface area (Å²) < 4.78 is 5.75. The fourth-order valence-electron chi connectivity index (χ4n) is 4.04. The van der Waals surface area contributed by atoms with Gasteiger partial charge in [-0.1, -0.05) is 26.0 Å². The highest BCUT2D eigenvalue weighted by molar-refractivity contribution is 14.0. The number of carbonyl (C=O) groups excluding carboxylic acids is 1. The predicted molar refractivity (Wildman–Crippen MR) is 141 cm³/mol. The molecule has 2 aliphatic heterocycles. The molecule has 180 valence electrons. The molecule has 8 heteroatoms. The van der Waals surface area contributed by atoms with Gasteiger partial charge in [-0.15, -0.1) is 24.0 Å². The standard InChI is InChI=1S/C24H39N5O2.HI/c1-20(2)19-31-22-8-6-21(7-9-22)10-11-26-24(25-3)29-16-14-27(15-17-29)18-23(30)28-12-4-5-13-28;/h6-9,20H,4-5,10-19H2,1-3H3,(H,25,26);1H. The molecule has 0 unspecified atom stereocenters. The average molecular weight is 558 g/mol. The second-order valence-electron chi connectivity index (χ2n) is 8.92. The van der Waals surface area contributed by atoms with Crippen molar-refractivity contribution in [1.29, 1.82) is 0 Å². The van der Waals surface area contributed by atoms with E-state index >= 15 is 0 Å². The van der Waals surface area contributed by atoms with Gasteiger partial charge in [0.05, 0.1) is 13.2 Å². The minimum absolute atomic E-state index is 0. The molecule has 32 heavy (non-hydrogen) atoms. The number of benzene rings is 1. The summed E-state index contributed by atoms with van der Waals surface area (Å²) in [7, 11) is 1.84. The molecule has 0 atom stereocenters. The summed E-state index contributed by atoms with van der Waals surface area (Å²) in [5.74, 6) is 2.70. The first-order valence-electron chi connectivity index (χ1n) is 11.7. The summed E-state index contributed by atoms with van der Waals surface area (Å²) >= 11 is 0. The quantitative estimate of drug-likeness (QED) is 0.303. The van der Waals surface area contributed by atoms with Crippen molar-refractivity contribution in [2.75, 3.05) is 66.0 Å². The molecular weight excluding hydrogens is 517 g/mol. The lowest BCUT2D eigenvalue weighted by Gasteiger charge is -2.36. The van der Waals surface area contributed by atoms with Gasteiger partial charge < -0.3 is 19.9 Å². The highest BCUT2D eigenvalue weighted by Crippen LogP contribution is 2.14. The summed E-state index contributed by atoms with van der Waals surface area (Å²) in [4.78, 5) is 23.4. The molecule has 2 saturated heterocycles. The van der Waals surface area contributed by atoms with Crippen molar-refractivity contribution in [3.8, 4) is 5.75 Å². The Morgan fingerprint density at radius 1 is 1.03 bits per heavy atom. The molecule has 7 nitrogen and oxygen atoms in total. The van der Waals surface area contributed by atoms with Crippen molar-refractivity contribution in [3.05, 3.63) is 29.8 Å². The Labute approximate surface area is 210 Å². The van der Waals surface area contributed by atoms with Crippen LogP contribution in [-0.4, -0.2) is 92.6 Å². The number of piperazine rings is 1. The van der Waals surface area contributed by atoms with E-state index in [1.165, 1.54) is 5.56 Å². The number of amides is 1. The third-order valence-corrected chi connectivity index (χ3v) is 5.90. The molecular formula is C24H40IN5O2. The average Bonchev–Trinajstić information content (AvgIpc) is 3.32. The maximum atomic E-state index is 12.4. The molecule has 2 heterocycles. The smallest absolute Gasteiger partial charge is 0.236 e. The topological polar surface area (TPSA) is 60.4 Å². The van der Waals surface area contributed by atoms with Gasteiger partial charge in [0.2, 0.25) is 5.91 Å². The highest BCUT2D eigenvalue weighted by Gasteiger charge is 2.24. The Bertz CT molecular complexity index is 712. The number of carbonyl (C=O) groups is 1. The van der Waals surface area contributed by atoms with Crippen LogP contribution in [-0.2, 0) is 11.2 Å². The number of hydrogen-bond donors (Lipinski definition) is 1. The molecule has 0 radical (unpaired) electrons. The van der Waals surface area contributed by atoms with Crippen LogP contribution in [0.25, 0.3) is 0 Å². The lowest BCUT2D eigenvalue weighted by molar-refractivity contribution is -0.131. The monoisotopic (exact) mass is 557 g/mol. The highest BCUT2D eigenvalue weighted by atomic mass is 127. The maximum Gasteiger partial charge on any atom is 0.236 e. The first kappa shape index (κ1) is 26.7. The van der Waals surface area contributed by atoms with Crippen LogP contribution in [0.3, 0.4) is 0 Å². The first-order chi connectivity index (χ1) is 15.0. The summed E-state index contributed by atoms with van der Waals surface area (Å²) in [5.41, 5.74) is 1.28. The minimum atomic E-state index is 0. The van der Waals surface area contributed by atoms with E-state index < -0.39 is 0 Å². The van der Waals surface area contributed by atoms with E-state index in [1.54, 1.807) is 0 Å².